The van der Waals surface area contributed by atoms with E-state index in [-0.39, 0.29) is 17.5 Å². The van der Waals surface area contributed by atoms with Gasteiger partial charge in [0.05, 0.1) is 11.4 Å². The van der Waals surface area contributed by atoms with Crippen molar-refractivity contribution in [2.45, 2.75) is 50.1 Å². The van der Waals surface area contributed by atoms with Crippen molar-refractivity contribution in [1.82, 2.24) is 9.03 Å². The molecule has 1 aliphatic heterocycles. The Morgan fingerprint density at radius 3 is 2.81 bits per heavy atom. The summed E-state index contributed by atoms with van der Waals surface area (Å²) in [5.74, 6) is 0. The summed E-state index contributed by atoms with van der Waals surface area (Å²) in [7, 11) is -3.49. The number of benzene rings is 1. The van der Waals surface area contributed by atoms with Crippen molar-refractivity contribution in [1.29, 1.82) is 0 Å². The van der Waals surface area contributed by atoms with E-state index < -0.39 is 10.2 Å². The average molecular weight is 329 g/mol. The Balaban J connectivity index is 1.82. The molecule has 3 unspecified atom stereocenters. The van der Waals surface area contributed by atoms with Crippen LogP contribution in [0.2, 0.25) is 0 Å². The van der Waals surface area contributed by atoms with Crippen molar-refractivity contribution < 1.29 is 8.42 Å². The molecule has 0 radical (unpaired) electrons. The van der Waals surface area contributed by atoms with Crippen LogP contribution in [-0.4, -0.2) is 30.7 Å². The van der Waals surface area contributed by atoms with Crippen LogP contribution >= 0.6 is 11.6 Å². The van der Waals surface area contributed by atoms with E-state index in [2.05, 4.69) is 4.72 Å². The maximum Gasteiger partial charge on any atom is 0.280 e. The Hall–Kier alpha value is -0.620. The molecule has 4 nitrogen and oxygen atoms in total. The zero-order valence-electron chi connectivity index (χ0n) is 12.1. The standard InChI is InChI=1S/C15H21ClN2O2S/c1-11-6-4-5-9-18(11)21(19,20)17-15-13-8-3-2-7-12(13)10-14(15)16/h2-3,7-8,11,14-15,17H,4-6,9-10H2,1H3. The van der Waals surface area contributed by atoms with Gasteiger partial charge >= 0.3 is 0 Å². The topological polar surface area (TPSA) is 49.4 Å². The number of hydrogen-bond acceptors (Lipinski definition) is 2. The van der Waals surface area contributed by atoms with Gasteiger partial charge in [-0.2, -0.15) is 17.4 Å². The molecule has 1 heterocycles. The molecular formula is C15H21ClN2O2S. The van der Waals surface area contributed by atoms with Gasteiger partial charge in [0.25, 0.3) is 10.2 Å². The molecule has 1 saturated heterocycles. The highest BCUT2D eigenvalue weighted by Crippen LogP contribution is 2.35. The highest BCUT2D eigenvalue weighted by Gasteiger charge is 2.37. The molecule has 0 spiro atoms. The summed E-state index contributed by atoms with van der Waals surface area (Å²) in [6, 6.07) is 7.60. The zero-order chi connectivity index (χ0) is 15.0. The number of alkyl halides is 1. The third kappa shape index (κ3) is 2.97. The van der Waals surface area contributed by atoms with Crippen molar-refractivity contribution in [2.75, 3.05) is 6.54 Å². The highest BCUT2D eigenvalue weighted by molar-refractivity contribution is 7.87. The summed E-state index contributed by atoms with van der Waals surface area (Å²) in [5, 5.41) is -0.225. The molecule has 0 amide bonds. The lowest BCUT2D eigenvalue weighted by atomic mass is 10.1. The molecular weight excluding hydrogens is 308 g/mol. The molecule has 116 valence electrons. The summed E-state index contributed by atoms with van der Waals surface area (Å²) < 4.78 is 29.7. The fourth-order valence-corrected chi connectivity index (χ4v) is 5.48. The first kappa shape index (κ1) is 15.3. The largest absolute Gasteiger partial charge is 0.280 e. The van der Waals surface area contributed by atoms with Crippen LogP contribution in [0.15, 0.2) is 24.3 Å². The average Bonchev–Trinajstić information content (AvgIpc) is 2.75. The Morgan fingerprint density at radius 2 is 2.05 bits per heavy atom. The van der Waals surface area contributed by atoms with Gasteiger partial charge in [0.1, 0.15) is 0 Å². The van der Waals surface area contributed by atoms with Gasteiger partial charge in [0.2, 0.25) is 0 Å². The first-order chi connectivity index (χ1) is 9.99. The van der Waals surface area contributed by atoms with E-state index in [1.165, 1.54) is 0 Å². The quantitative estimate of drug-likeness (QED) is 0.867. The molecule has 21 heavy (non-hydrogen) atoms. The Kier molecular flexibility index (Phi) is 4.28. The third-order valence-electron chi connectivity index (χ3n) is 4.49. The van der Waals surface area contributed by atoms with Crippen LogP contribution in [0.3, 0.4) is 0 Å². The molecule has 1 aromatic rings. The van der Waals surface area contributed by atoms with Crippen molar-refractivity contribution in [2.24, 2.45) is 0 Å². The molecule has 0 bridgehead atoms. The van der Waals surface area contributed by atoms with Crippen LogP contribution in [-0.2, 0) is 16.6 Å². The van der Waals surface area contributed by atoms with Gasteiger partial charge in [-0.1, -0.05) is 30.7 Å². The normalized spacial score (nSPS) is 30.3. The number of piperidine rings is 1. The highest BCUT2D eigenvalue weighted by atomic mass is 35.5. The fourth-order valence-electron chi connectivity index (χ4n) is 3.34. The molecule has 1 fully saturated rings. The summed E-state index contributed by atoms with van der Waals surface area (Å²) in [6.45, 7) is 2.57. The van der Waals surface area contributed by atoms with Gasteiger partial charge in [-0.25, -0.2) is 0 Å². The number of rotatable bonds is 3. The molecule has 2 aliphatic rings. The lowest BCUT2D eigenvalue weighted by Gasteiger charge is -2.33. The van der Waals surface area contributed by atoms with Crippen molar-refractivity contribution in [3.05, 3.63) is 35.4 Å². The Morgan fingerprint density at radius 1 is 1.29 bits per heavy atom. The Bertz CT molecular complexity index is 620. The Labute approximate surface area is 131 Å². The van der Waals surface area contributed by atoms with Crippen LogP contribution in [0.5, 0.6) is 0 Å². The van der Waals surface area contributed by atoms with Gasteiger partial charge < -0.3 is 0 Å². The van der Waals surface area contributed by atoms with Gasteiger partial charge in [0, 0.05) is 12.6 Å². The maximum atomic E-state index is 12.7. The molecule has 0 aromatic heterocycles. The lowest BCUT2D eigenvalue weighted by Crippen LogP contribution is -2.49. The van der Waals surface area contributed by atoms with Crippen LogP contribution in [0, 0.1) is 0 Å². The molecule has 3 atom stereocenters. The summed E-state index contributed by atoms with van der Waals surface area (Å²) >= 11 is 6.38. The summed E-state index contributed by atoms with van der Waals surface area (Å²) in [4.78, 5) is 0. The van der Waals surface area contributed by atoms with E-state index in [0.717, 1.165) is 30.4 Å². The van der Waals surface area contributed by atoms with E-state index in [0.29, 0.717) is 13.0 Å². The minimum atomic E-state index is -3.49. The minimum absolute atomic E-state index is 0.0571. The number of fused-ring (bicyclic) bond motifs is 1. The zero-order valence-corrected chi connectivity index (χ0v) is 13.7. The van der Waals surface area contributed by atoms with Crippen LogP contribution in [0.25, 0.3) is 0 Å². The first-order valence-corrected chi connectivity index (χ1v) is 9.37. The van der Waals surface area contributed by atoms with Gasteiger partial charge in [-0.15, -0.1) is 11.6 Å². The third-order valence-corrected chi connectivity index (χ3v) is 6.61. The SMILES string of the molecule is CC1CCCCN1S(=O)(=O)NC1c2ccccc2CC1Cl. The monoisotopic (exact) mass is 328 g/mol. The van der Waals surface area contributed by atoms with Crippen molar-refractivity contribution in [3.8, 4) is 0 Å². The predicted octanol–water partition coefficient (Wildman–Crippen LogP) is 2.60. The van der Waals surface area contributed by atoms with E-state index in [9.17, 15) is 8.42 Å². The first-order valence-electron chi connectivity index (χ1n) is 7.50. The second-order valence-corrected chi connectivity index (χ2v) is 8.19. The van der Waals surface area contributed by atoms with Crippen LogP contribution in [0.4, 0.5) is 0 Å². The van der Waals surface area contributed by atoms with E-state index in [1.54, 1.807) is 4.31 Å². The second kappa shape index (κ2) is 5.88. The molecule has 1 N–H and O–H groups in total. The van der Waals surface area contributed by atoms with Crippen molar-refractivity contribution in [3.63, 3.8) is 0 Å². The van der Waals surface area contributed by atoms with Gasteiger partial charge in [0.15, 0.2) is 0 Å². The molecule has 1 aliphatic carbocycles. The van der Waals surface area contributed by atoms with E-state index >= 15 is 0 Å². The minimum Gasteiger partial charge on any atom is -0.195 e. The van der Waals surface area contributed by atoms with Crippen LogP contribution in [0.1, 0.15) is 43.4 Å². The summed E-state index contributed by atoms with van der Waals surface area (Å²) in [5.41, 5.74) is 2.14. The second-order valence-electron chi connectivity index (χ2n) is 5.98. The number of nitrogens with one attached hydrogen (secondary N) is 1. The van der Waals surface area contributed by atoms with Gasteiger partial charge in [-0.05, 0) is 37.3 Å². The fraction of sp³-hybridized carbons (Fsp3) is 0.600. The summed E-state index contributed by atoms with van der Waals surface area (Å²) in [6.07, 6.45) is 3.65. The molecule has 1 aromatic carbocycles. The number of nitrogens with zero attached hydrogens (tertiary/aromatic N) is 1. The van der Waals surface area contributed by atoms with E-state index in [4.69, 9.17) is 11.6 Å². The lowest BCUT2D eigenvalue weighted by molar-refractivity contribution is 0.263. The smallest absolute Gasteiger partial charge is 0.195 e. The molecule has 3 rings (SSSR count). The number of hydrogen-bond donors (Lipinski definition) is 1. The van der Waals surface area contributed by atoms with Crippen molar-refractivity contribution >= 4 is 21.8 Å². The predicted molar refractivity (Wildman–Crippen MR) is 84.6 cm³/mol. The molecule has 0 saturated carbocycles. The maximum absolute atomic E-state index is 12.7. The molecule has 6 heteroatoms. The van der Waals surface area contributed by atoms with Crippen LogP contribution < -0.4 is 4.72 Å². The van der Waals surface area contributed by atoms with Gasteiger partial charge in [-0.3, -0.25) is 0 Å². The van der Waals surface area contributed by atoms with E-state index in [1.807, 2.05) is 31.2 Å². The number of halogens is 1.